The van der Waals surface area contributed by atoms with Gasteiger partial charge in [-0.15, -0.1) is 16.4 Å². The van der Waals surface area contributed by atoms with Gasteiger partial charge in [0.05, 0.1) is 28.5 Å². The number of aromatic amines is 1. The van der Waals surface area contributed by atoms with Crippen LogP contribution in [0.4, 0.5) is 5.95 Å². The van der Waals surface area contributed by atoms with Gasteiger partial charge in [0.1, 0.15) is 11.5 Å². The van der Waals surface area contributed by atoms with E-state index in [9.17, 15) is 9.59 Å². The predicted octanol–water partition coefficient (Wildman–Crippen LogP) is 1.11. The minimum absolute atomic E-state index is 0.0714. The highest BCUT2D eigenvalue weighted by molar-refractivity contribution is 7.13. The van der Waals surface area contributed by atoms with Crippen LogP contribution < -0.4 is 11.1 Å². The number of carbonyl (C=O) groups excluding carboxylic acids is 2. The molecule has 160 valence electrons. The average molecular weight is 439 g/mol. The molecule has 3 aromatic heterocycles. The number of likely N-dealkylation sites (tertiary alicyclic amines) is 1. The van der Waals surface area contributed by atoms with Crippen molar-refractivity contribution in [2.24, 2.45) is 11.8 Å². The fraction of sp³-hybridized carbons (Fsp3) is 0.400. The maximum absolute atomic E-state index is 13.3. The molecule has 11 heteroatoms. The van der Waals surface area contributed by atoms with Crippen LogP contribution >= 0.6 is 11.3 Å². The number of nitrogens with zero attached hydrogens (tertiary/aromatic N) is 5. The lowest BCUT2D eigenvalue weighted by molar-refractivity contribution is -0.121. The Morgan fingerprint density at radius 3 is 2.84 bits per heavy atom. The molecule has 10 nitrogen and oxygen atoms in total. The van der Waals surface area contributed by atoms with E-state index in [4.69, 9.17) is 5.73 Å². The molecule has 4 heterocycles. The van der Waals surface area contributed by atoms with Crippen LogP contribution in [0.25, 0.3) is 10.6 Å². The second kappa shape index (κ2) is 8.06. The summed E-state index contributed by atoms with van der Waals surface area (Å²) in [5.74, 6) is 1.03. The van der Waals surface area contributed by atoms with Crippen LogP contribution in [0.2, 0.25) is 0 Å². The molecule has 1 saturated heterocycles. The molecule has 5 rings (SSSR count). The molecular formula is C20H22N8O2S. The number of rotatable bonds is 6. The number of hydrogen-bond acceptors (Lipinski definition) is 8. The van der Waals surface area contributed by atoms with Crippen LogP contribution in [0.5, 0.6) is 0 Å². The Hall–Kier alpha value is -3.34. The van der Waals surface area contributed by atoms with Gasteiger partial charge in [-0.25, -0.2) is 4.98 Å². The van der Waals surface area contributed by atoms with Gasteiger partial charge in [-0.3, -0.25) is 19.7 Å². The van der Waals surface area contributed by atoms with Crippen molar-refractivity contribution >= 4 is 29.1 Å². The van der Waals surface area contributed by atoms with E-state index < -0.39 is 0 Å². The van der Waals surface area contributed by atoms with E-state index in [-0.39, 0.29) is 36.1 Å². The Bertz CT molecular complexity index is 1090. The monoisotopic (exact) mass is 438 g/mol. The van der Waals surface area contributed by atoms with Gasteiger partial charge in [-0.1, -0.05) is 6.07 Å². The van der Waals surface area contributed by atoms with Crippen LogP contribution in [-0.4, -0.2) is 61.0 Å². The smallest absolute Gasteiger partial charge is 0.274 e. The van der Waals surface area contributed by atoms with Crippen LogP contribution in [-0.2, 0) is 11.2 Å². The summed E-state index contributed by atoms with van der Waals surface area (Å²) in [6.45, 7) is 1.08. The van der Waals surface area contributed by atoms with E-state index in [1.165, 1.54) is 11.3 Å². The average Bonchev–Trinajstić information content (AvgIpc) is 3.15. The zero-order valence-electron chi connectivity index (χ0n) is 16.7. The zero-order valence-corrected chi connectivity index (χ0v) is 17.5. The molecule has 0 aromatic carbocycles. The molecule has 1 aliphatic carbocycles. The van der Waals surface area contributed by atoms with Crippen molar-refractivity contribution in [1.82, 2.24) is 35.4 Å². The minimum atomic E-state index is -0.163. The number of nitrogens with two attached hydrogens (primary N) is 1. The van der Waals surface area contributed by atoms with Gasteiger partial charge in [0, 0.05) is 25.2 Å². The highest BCUT2D eigenvalue weighted by Crippen LogP contribution is 2.42. The number of pyridine rings is 1. The maximum Gasteiger partial charge on any atom is 0.274 e. The van der Waals surface area contributed by atoms with Crippen molar-refractivity contribution in [3.8, 4) is 10.6 Å². The lowest BCUT2D eigenvalue weighted by Crippen LogP contribution is -2.42. The summed E-state index contributed by atoms with van der Waals surface area (Å²) in [5.41, 5.74) is 8.33. The topological polar surface area (TPSA) is 143 Å². The predicted molar refractivity (Wildman–Crippen MR) is 114 cm³/mol. The quantitative estimate of drug-likeness (QED) is 0.523. The van der Waals surface area contributed by atoms with Crippen LogP contribution in [0.15, 0.2) is 29.9 Å². The van der Waals surface area contributed by atoms with Gasteiger partial charge in [0.25, 0.3) is 5.91 Å². The molecule has 2 atom stereocenters. The number of carbonyl (C=O) groups is 2. The Labute approximate surface area is 182 Å². The number of anilines is 1. The number of thiazole rings is 1. The van der Waals surface area contributed by atoms with Gasteiger partial charge < -0.3 is 16.0 Å². The van der Waals surface area contributed by atoms with Crippen molar-refractivity contribution < 1.29 is 9.59 Å². The summed E-state index contributed by atoms with van der Waals surface area (Å²) in [5, 5.41) is 9.49. The summed E-state index contributed by atoms with van der Waals surface area (Å²) in [6, 6.07) is 5.51. The van der Waals surface area contributed by atoms with E-state index in [0.717, 1.165) is 23.4 Å². The Morgan fingerprint density at radius 1 is 1.26 bits per heavy atom. The highest BCUT2D eigenvalue weighted by atomic mass is 32.1. The van der Waals surface area contributed by atoms with E-state index >= 15 is 0 Å². The molecule has 2 aliphatic rings. The first-order valence-corrected chi connectivity index (χ1v) is 11.1. The van der Waals surface area contributed by atoms with Gasteiger partial charge in [-0.05, 0) is 30.9 Å². The first-order valence-electron chi connectivity index (χ1n) is 10.2. The third-order valence-electron chi connectivity index (χ3n) is 5.77. The van der Waals surface area contributed by atoms with Gasteiger partial charge in [0.15, 0.2) is 0 Å². The lowest BCUT2D eigenvalue weighted by atomic mass is 9.98. The molecule has 2 fully saturated rings. The normalized spacial score (nSPS) is 20.7. The Morgan fingerprint density at radius 2 is 2.13 bits per heavy atom. The van der Waals surface area contributed by atoms with E-state index in [0.29, 0.717) is 30.5 Å². The molecule has 4 N–H and O–H groups in total. The van der Waals surface area contributed by atoms with Crippen LogP contribution in [0.1, 0.15) is 29.2 Å². The van der Waals surface area contributed by atoms with Crippen LogP contribution in [0, 0.1) is 11.8 Å². The maximum atomic E-state index is 13.3. The highest BCUT2D eigenvalue weighted by Gasteiger charge is 2.45. The van der Waals surface area contributed by atoms with Gasteiger partial charge in [0.2, 0.25) is 11.9 Å². The summed E-state index contributed by atoms with van der Waals surface area (Å²) in [6.07, 6.45) is 4.04. The zero-order chi connectivity index (χ0) is 21.4. The number of nitrogen functional groups attached to an aromatic ring is 1. The fourth-order valence-electron chi connectivity index (χ4n) is 4.18. The van der Waals surface area contributed by atoms with Crippen LogP contribution in [0.3, 0.4) is 0 Å². The SMILES string of the molecule is Nc1n[nH]c(CC(=O)N[C@@H]2CN(C(=O)c3ncsc3-c3ccccn3)C[C@H]2C2CC2)n1. The molecule has 2 amide bonds. The van der Waals surface area contributed by atoms with E-state index in [1.54, 1.807) is 11.7 Å². The molecule has 31 heavy (non-hydrogen) atoms. The second-order valence-electron chi connectivity index (χ2n) is 7.95. The second-order valence-corrected chi connectivity index (χ2v) is 8.80. The van der Waals surface area contributed by atoms with E-state index in [1.807, 2.05) is 23.1 Å². The van der Waals surface area contributed by atoms with Crippen molar-refractivity contribution in [2.45, 2.75) is 25.3 Å². The first-order chi connectivity index (χ1) is 15.1. The molecule has 0 bridgehead atoms. The number of H-pyrrole nitrogens is 1. The van der Waals surface area contributed by atoms with Crippen molar-refractivity contribution in [3.05, 3.63) is 41.4 Å². The molecule has 0 unspecified atom stereocenters. The molecule has 0 radical (unpaired) electrons. The molecule has 0 spiro atoms. The third kappa shape index (κ3) is 4.13. The summed E-state index contributed by atoms with van der Waals surface area (Å²) >= 11 is 1.41. The summed E-state index contributed by atoms with van der Waals surface area (Å²) in [4.78, 5) is 41.1. The molecule has 1 aliphatic heterocycles. The van der Waals surface area contributed by atoms with Crippen molar-refractivity contribution in [3.63, 3.8) is 0 Å². The van der Waals surface area contributed by atoms with E-state index in [2.05, 4.69) is 30.5 Å². The largest absolute Gasteiger partial charge is 0.367 e. The number of nitrogens with one attached hydrogen (secondary N) is 2. The minimum Gasteiger partial charge on any atom is -0.367 e. The van der Waals surface area contributed by atoms with Gasteiger partial charge in [-0.2, -0.15) is 4.98 Å². The number of amides is 2. The number of aromatic nitrogens is 5. The van der Waals surface area contributed by atoms with Crippen molar-refractivity contribution in [1.29, 1.82) is 0 Å². The number of hydrogen-bond donors (Lipinski definition) is 3. The summed E-state index contributed by atoms with van der Waals surface area (Å²) in [7, 11) is 0. The Kier molecular flexibility index (Phi) is 5.10. The molecule has 3 aromatic rings. The lowest BCUT2D eigenvalue weighted by Gasteiger charge is -2.18. The van der Waals surface area contributed by atoms with Gasteiger partial charge >= 0.3 is 0 Å². The standard InChI is InChI=1S/C20H22N8O2S/c21-20-25-15(26-27-20)7-16(29)24-14-9-28(8-12(14)11-4-5-11)19(30)17-18(31-10-23-17)13-3-1-2-6-22-13/h1-3,6,10-12,14H,4-5,7-9H2,(H,24,29)(H3,21,25,26,27)/t12-,14+/m0/s1. The van der Waals surface area contributed by atoms with Crippen molar-refractivity contribution in [2.75, 3.05) is 18.8 Å². The molecular weight excluding hydrogens is 416 g/mol. The fourth-order valence-corrected chi connectivity index (χ4v) is 4.93. The summed E-state index contributed by atoms with van der Waals surface area (Å²) < 4.78 is 0. The third-order valence-corrected chi connectivity index (χ3v) is 6.62. The molecule has 1 saturated carbocycles. The first kappa shape index (κ1) is 19.6. The Balaban J connectivity index is 1.30.